The van der Waals surface area contributed by atoms with Gasteiger partial charge in [0.25, 0.3) is 0 Å². The zero-order valence-electron chi connectivity index (χ0n) is 16.9. The minimum atomic E-state index is -2.21. The van der Waals surface area contributed by atoms with Crippen molar-refractivity contribution in [1.29, 1.82) is 0 Å². The highest BCUT2D eigenvalue weighted by atomic mass is 32.2. The standard InChI is InChI=1S/C21H25NO6S2/c1-15-21(2,3)19-14-17(16-6-9-18(10-7-16)29-28-27-23)8-11-20(19)22(15)12-4-5-13-26-30(24)25/h6-11,14,23H,1,4-5,12-13H2,2-3H3,(H,24,25). The third-order valence-electron chi connectivity index (χ3n) is 5.32. The number of hydrogen-bond donors (Lipinski definition) is 2. The molecule has 1 atom stereocenters. The van der Waals surface area contributed by atoms with E-state index in [1.165, 1.54) is 5.56 Å². The van der Waals surface area contributed by atoms with Gasteiger partial charge in [0.15, 0.2) is 0 Å². The molecule has 7 nitrogen and oxygen atoms in total. The Kier molecular flexibility index (Phi) is 7.70. The first kappa shape index (κ1) is 23.0. The summed E-state index contributed by atoms with van der Waals surface area (Å²) in [6, 6.07) is 14.2. The molecule has 2 N–H and O–H groups in total. The van der Waals surface area contributed by atoms with Crippen molar-refractivity contribution in [2.24, 2.45) is 0 Å². The molecular formula is C21H25NO6S2. The quantitative estimate of drug-likeness (QED) is 0.165. The van der Waals surface area contributed by atoms with Gasteiger partial charge in [0.1, 0.15) is 0 Å². The SMILES string of the molecule is C=C1N(CCCCOS(=O)O)c2ccc(-c3ccc(SOOO)cc3)cc2C1(C)C. The predicted octanol–water partition coefficient (Wildman–Crippen LogP) is 5.33. The van der Waals surface area contributed by atoms with E-state index in [4.69, 9.17) is 14.0 Å². The number of fused-ring (bicyclic) bond motifs is 1. The third kappa shape index (κ3) is 5.12. The van der Waals surface area contributed by atoms with Gasteiger partial charge in [0.05, 0.1) is 18.6 Å². The molecule has 1 unspecified atom stereocenters. The van der Waals surface area contributed by atoms with Crippen molar-refractivity contribution in [2.75, 3.05) is 18.1 Å². The highest BCUT2D eigenvalue weighted by Gasteiger charge is 2.38. The molecule has 0 fully saturated rings. The van der Waals surface area contributed by atoms with Crippen LogP contribution >= 0.6 is 12.0 Å². The predicted molar refractivity (Wildman–Crippen MR) is 118 cm³/mol. The normalized spacial score (nSPS) is 16.0. The molecule has 0 aliphatic carbocycles. The van der Waals surface area contributed by atoms with E-state index in [1.54, 1.807) is 0 Å². The van der Waals surface area contributed by atoms with E-state index in [1.807, 2.05) is 24.3 Å². The van der Waals surface area contributed by atoms with Gasteiger partial charge < -0.3 is 4.90 Å². The minimum Gasteiger partial charge on any atom is -0.345 e. The molecule has 2 aromatic rings. The molecule has 30 heavy (non-hydrogen) atoms. The second kappa shape index (κ2) is 10.1. The zero-order valence-corrected chi connectivity index (χ0v) is 18.5. The van der Waals surface area contributed by atoms with Crippen molar-refractivity contribution in [3.05, 3.63) is 60.3 Å². The molecule has 2 aromatic carbocycles. The van der Waals surface area contributed by atoms with Gasteiger partial charge in [-0.25, -0.2) is 5.26 Å². The molecule has 162 valence electrons. The summed E-state index contributed by atoms with van der Waals surface area (Å²) in [5.41, 5.74) is 5.37. The van der Waals surface area contributed by atoms with Crippen molar-refractivity contribution in [3.8, 4) is 11.1 Å². The lowest BCUT2D eigenvalue weighted by Gasteiger charge is -2.25. The molecule has 1 aliphatic heterocycles. The second-order valence-corrected chi connectivity index (χ2v) is 8.90. The lowest BCUT2D eigenvalue weighted by molar-refractivity contribution is -0.432. The van der Waals surface area contributed by atoms with Gasteiger partial charge in [-0.2, -0.15) is 4.21 Å². The molecular weight excluding hydrogens is 426 g/mol. The highest BCUT2D eigenvalue weighted by molar-refractivity contribution is 7.94. The summed E-state index contributed by atoms with van der Waals surface area (Å²) in [7, 11) is 0. The number of nitrogens with zero attached hydrogens (tertiary/aromatic N) is 1. The van der Waals surface area contributed by atoms with E-state index in [2.05, 4.69) is 52.9 Å². The second-order valence-electron chi connectivity index (χ2n) is 7.45. The zero-order chi connectivity index (χ0) is 21.7. The number of allylic oxidation sites excluding steroid dienone is 1. The molecule has 0 aromatic heterocycles. The Balaban J connectivity index is 1.76. The molecule has 1 heterocycles. The number of anilines is 1. The first-order chi connectivity index (χ1) is 14.3. The van der Waals surface area contributed by atoms with Crippen LogP contribution in [0.5, 0.6) is 0 Å². The van der Waals surface area contributed by atoms with Crippen molar-refractivity contribution >= 4 is 29.1 Å². The molecule has 0 radical (unpaired) electrons. The van der Waals surface area contributed by atoms with Crippen molar-refractivity contribution in [2.45, 2.75) is 37.0 Å². The maximum absolute atomic E-state index is 10.6. The number of hydrogen-bond acceptors (Lipinski definition) is 7. The number of rotatable bonds is 10. The topological polar surface area (TPSA) is 88.5 Å². The first-order valence-electron chi connectivity index (χ1n) is 9.45. The summed E-state index contributed by atoms with van der Waals surface area (Å²) in [5.74, 6) is 0. The van der Waals surface area contributed by atoms with E-state index >= 15 is 0 Å². The number of unbranched alkanes of at least 4 members (excludes halogenated alkanes) is 1. The van der Waals surface area contributed by atoms with Crippen molar-refractivity contribution in [3.63, 3.8) is 0 Å². The van der Waals surface area contributed by atoms with Gasteiger partial charge in [0.2, 0.25) is 0 Å². The van der Waals surface area contributed by atoms with E-state index in [0.717, 1.165) is 52.4 Å². The van der Waals surface area contributed by atoms with Crippen LogP contribution in [-0.2, 0) is 30.3 Å². The summed E-state index contributed by atoms with van der Waals surface area (Å²) < 4.78 is 28.4. The van der Waals surface area contributed by atoms with E-state index in [0.29, 0.717) is 6.42 Å². The molecule has 0 saturated heterocycles. The molecule has 9 heteroatoms. The fraction of sp³-hybridized carbons (Fsp3) is 0.333. The smallest absolute Gasteiger partial charge is 0.301 e. The Morgan fingerprint density at radius 2 is 1.83 bits per heavy atom. The van der Waals surface area contributed by atoms with Crippen LogP contribution in [0.1, 0.15) is 32.3 Å². The molecule has 0 spiro atoms. The van der Waals surface area contributed by atoms with Crippen LogP contribution in [0.15, 0.2) is 59.6 Å². The Labute approximate surface area is 183 Å². The van der Waals surface area contributed by atoms with Crippen LogP contribution in [-0.4, -0.2) is 27.2 Å². The van der Waals surface area contributed by atoms with Crippen LogP contribution < -0.4 is 4.90 Å². The van der Waals surface area contributed by atoms with Crippen LogP contribution in [0.2, 0.25) is 0 Å². The lowest BCUT2D eigenvalue weighted by atomic mass is 9.83. The summed E-state index contributed by atoms with van der Waals surface area (Å²) in [6.45, 7) is 9.69. The molecule has 0 amide bonds. The summed E-state index contributed by atoms with van der Waals surface area (Å²) in [6.07, 6.45) is 1.52. The van der Waals surface area contributed by atoms with Gasteiger partial charge in [-0.1, -0.05) is 43.7 Å². The van der Waals surface area contributed by atoms with Gasteiger partial charge in [0, 0.05) is 28.2 Å². The summed E-state index contributed by atoms with van der Waals surface area (Å²) in [4.78, 5) is 3.03. The largest absolute Gasteiger partial charge is 0.345 e. The fourth-order valence-electron chi connectivity index (χ4n) is 3.60. The maximum atomic E-state index is 10.6. The van der Waals surface area contributed by atoms with E-state index in [-0.39, 0.29) is 12.0 Å². The van der Waals surface area contributed by atoms with Gasteiger partial charge in [-0.05, 0) is 53.8 Å². The lowest BCUT2D eigenvalue weighted by Crippen LogP contribution is -2.26. The minimum absolute atomic E-state index is 0.198. The van der Waals surface area contributed by atoms with Gasteiger partial charge in [-0.15, -0.1) is 4.33 Å². The molecule has 1 aliphatic rings. The van der Waals surface area contributed by atoms with Crippen LogP contribution in [0.25, 0.3) is 11.1 Å². The first-order valence-corrected chi connectivity index (χ1v) is 11.2. The van der Waals surface area contributed by atoms with E-state index in [9.17, 15) is 4.21 Å². The molecule has 0 saturated carbocycles. The number of benzene rings is 2. The Morgan fingerprint density at radius 3 is 2.50 bits per heavy atom. The maximum Gasteiger partial charge on any atom is 0.301 e. The average molecular weight is 452 g/mol. The van der Waals surface area contributed by atoms with Crippen LogP contribution in [0, 0.1) is 0 Å². The van der Waals surface area contributed by atoms with Gasteiger partial charge >= 0.3 is 11.4 Å². The van der Waals surface area contributed by atoms with Gasteiger partial charge in [-0.3, -0.25) is 8.74 Å². The third-order valence-corrected chi connectivity index (χ3v) is 6.28. The van der Waals surface area contributed by atoms with Crippen molar-refractivity contribution < 1.29 is 27.6 Å². The highest BCUT2D eigenvalue weighted by Crippen LogP contribution is 2.48. The van der Waals surface area contributed by atoms with Crippen LogP contribution in [0.4, 0.5) is 5.69 Å². The Bertz CT molecular complexity index is 916. The summed E-state index contributed by atoms with van der Waals surface area (Å²) in [5, 5.41) is 11.9. The monoisotopic (exact) mass is 451 g/mol. The fourth-order valence-corrected chi connectivity index (χ4v) is 4.22. The Hall–Kier alpha value is -1.72. The average Bonchev–Trinajstić information content (AvgIpc) is 2.92. The van der Waals surface area contributed by atoms with E-state index < -0.39 is 11.4 Å². The summed E-state index contributed by atoms with van der Waals surface area (Å²) >= 11 is -1.28. The molecule has 3 rings (SSSR count). The van der Waals surface area contributed by atoms with Crippen molar-refractivity contribution in [1.82, 2.24) is 0 Å². The Morgan fingerprint density at radius 1 is 1.13 bits per heavy atom. The molecule has 0 bridgehead atoms. The van der Waals surface area contributed by atoms with Crippen LogP contribution in [0.3, 0.4) is 0 Å².